The number of hydrogen-bond acceptors (Lipinski definition) is 2. The summed E-state index contributed by atoms with van der Waals surface area (Å²) in [5.74, 6) is 0. The van der Waals surface area contributed by atoms with Gasteiger partial charge in [-0.25, -0.2) is 4.98 Å². The Morgan fingerprint density at radius 1 is 0.540 bits per heavy atom. The topological polar surface area (TPSA) is 36.7 Å². The van der Waals surface area contributed by atoms with Gasteiger partial charge in [0.1, 0.15) is 0 Å². The maximum Gasteiger partial charge on any atom is 0.0794 e. The molecule has 8 aromatic rings. The summed E-state index contributed by atoms with van der Waals surface area (Å²) in [5, 5.41) is 11.5. The van der Waals surface area contributed by atoms with Gasteiger partial charge in [-0.05, 0) is 97.3 Å². The van der Waals surface area contributed by atoms with Gasteiger partial charge < -0.3 is 5.41 Å². The summed E-state index contributed by atoms with van der Waals surface area (Å²) < 4.78 is 0. The molecule has 0 fully saturated rings. The van der Waals surface area contributed by atoms with Crippen molar-refractivity contribution in [2.75, 3.05) is 0 Å². The zero-order valence-corrected chi connectivity index (χ0v) is 27.6. The van der Waals surface area contributed by atoms with Gasteiger partial charge in [-0.2, -0.15) is 0 Å². The van der Waals surface area contributed by atoms with Gasteiger partial charge in [-0.15, -0.1) is 0 Å². The van der Waals surface area contributed by atoms with Crippen LogP contribution in [0.3, 0.4) is 0 Å². The minimum Gasteiger partial charge on any atom is -0.308 e. The highest BCUT2D eigenvalue weighted by molar-refractivity contribution is 6.19. The average molecular weight is 637 g/mol. The predicted octanol–water partition coefficient (Wildman–Crippen LogP) is 12.1. The number of hydrogen-bond donors (Lipinski definition) is 1. The molecule has 0 aliphatic heterocycles. The van der Waals surface area contributed by atoms with Crippen LogP contribution in [-0.4, -0.2) is 11.2 Å². The first-order chi connectivity index (χ1) is 24.7. The number of rotatable bonds is 4. The van der Waals surface area contributed by atoms with E-state index in [1.54, 1.807) is 0 Å². The van der Waals surface area contributed by atoms with Crippen molar-refractivity contribution in [2.24, 2.45) is 0 Å². The first-order valence-corrected chi connectivity index (χ1v) is 17.3. The van der Waals surface area contributed by atoms with Gasteiger partial charge >= 0.3 is 0 Å². The molecule has 50 heavy (non-hydrogen) atoms. The Morgan fingerprint density at radius 2 is 1.14 bits per heavy atom. The van der Waals surface area contributed by atoms with Gasteiger partial charge in [0.15, 0.2) is 0 Å². The number of fused-ring (bicyclic) bond motifs is 14. The van der Waals surface area contributed by atoms with Gasteiger partial charge in [0.2, 0.25) is 0 Å². The molecule has 10 rings (SSSR count). The summed E-state index contributed by atoms with van der Waals surface area (Å²) in [6.45, 7) is 1.98. The minimum absolute atomic E-state index is 0.419. The van der Waals surface area contributed by atoms with Crippen molar-refractivity contribution in [2.45, 2.75) is 12.3 Å². The third kappa shape index (κ3) is 3.79. The van der Waals surface area contributed by atoms with E-state index in [2.05, 4.69) is 158 Å². The Labute approximate surface area is 291 Å². The summed E-state index contributed by atoms with van der Waals surface area (Å²) in [5.41, 5.74) is 17.3. The van der Waals surface area contributed by atoms with Crippen LogP contribution in [0.1, 0.15) is 34.7 Å². The molecule has 1 spiro atoms. The predicted molar refractivity (Wildman–Crippen MR) is 209 cm³/mol. The van der Waals surface area contributed by atoms with E-state index in [0.717, 1.165) is 44.4 Å². The largest absolute Gasteiger partial charge is 0.308 e. The van der Waals surface area contributed by atoms with E-state index in [9.17, 15) is 0 Å². The fraction of sp³-hybridized carbons (Fsp3) is 0.0417. The van der Waals surface area contributed by atoms with Crippen molar-refractivity contribution < 1.29 is 0 Å². The van der Waals surface area contributed by atoms with Crippen molar-refractivity contribution in [3.8, 4) is 44.6 Å². The van der Waals surface area contributed by atoms with Crippen molar-refractivity contribution in [1.29, 1.82) is 5.41 Å². The normalized spacial score (nSPS) is 13.7. The number of nitrogens with zero attached hydrogens (tertiary/aromatic N) is 1. The zero-order chi connectivity index (χ0) is 33.4. The first kappa shape index (κ1) is 28.6. The van der Waals surface area contributed by atoms with Crippen molar-refractivity contribution in [3.05, 3.63) is 192 Å². The molecular formula is C48H32N2. The Hall–Kier alpha value is -6.38. The van der Waals surface area contributed by atoms with Crippen LogP contribution < -0.4 is 0 Å². The van der Waals surface area contributed by atoms with Crippen LogP contribution in [0.2, 0.25) is 0 Å². The highest BCUT2D eigenvalue weighted by atomic mass is 14.7. The van der Waals surface area contributed by atoms with Crippen molar-refractivity contribution in [1.82, 2.24) is 4.98 Å². The fourth-order valence-electron chi connectivity index (χ4n) is 8.90. The smallest absolute Gasteiger partial charge is 0.0794 e. The van der Waals surface area contributed by atoms with Crippen LogP contribution in [0.4, 0.5) is 0 Å². The lowest BCUT2D eigenvalue weighted by Crippen LogP contribution is -2.25. The Morgan fingerprint density at radius 3 is 1.86 bits per heavy atom. The monoisotopic (exact) mass is 636 g/mol. The number of pyridine rings is 1. The highest BCUT2D eigenvalue weighted by Crippen LogP contribution is 2.64. The zero-order valence-electron chi connectivity index (χ0n) is 27.6. The van der Waals surface area contributed by atoms with Gasteiger partial charge in [-0.1, -0.05) is 146 Å². The third-order valence-electron chi connectivity index (χ3n) is 11.0. The summed E-state index contributed by atoms with van der Waals surface area (Å²) in [4.78, 5) is 5.50. The molecule has 2 aliphatic carbocycles. The van der Waals surface area contributed by atoms with Gasteiger partial charge in [-0.3, -0.25) is 0 Å². The van der Waals surface area contributed by atoms with Gasteiger partial charge in [0.25, 0.3) is 0 Å². The first-order valence-electron chi connectivity index (χ1n) is 17.3. The van der Waals surface area contributed by atoms with E-state index in [4.69, 9.17) is 10.4 Å². The molecule has 1 heterocycles. The third-order valence-corrected chi connectivity index (χ3v) is 11.0. The molecule has 0 bridgehead atoms. The van der Waals surface area contributed by atoms with Crippen LogP contribution in [0.15, 0.2) is 164 Å². The molecule has 2 nitrogen and oxygen atoms in total. The summed E-state index contributed by atoms with van der Waals surface area (Å²) in [7, 11) is 0. The van der Waals surface area contributed by atoms with Gasteiger partial charge in [0.05, 0.1) is 16.6 Å². The molecule has 0 unspecified atom stereocenters. The van der Waals surface area contributed by atoms with E-state index < -0.39 is 5.41 Å². The van der Waals surface area contributed by atoms with Crippen LogP contribution in [0.25, 0.3) is 71.9 Å². The van der Waals surface area contributed by atoms with Crippen molar-refractivity contribution >= 4 is 33.5 Å². The van der Waals surface area contributed by atoms with Crippen LogP contribution >= 0.6 is 0 Å². The molecule has 2 heteroatoms. The molecule has 0 amide bonds. The lowest BCUT2D eigenvalue weighted by atomic mass is 9.70. The lowest BCUT2D eigenvalue weighted by Gasteiger charge is -2.30. The Bertz CT molecular complexity index is 2700. The number of allylic oxidation sites excluding steroid dienone is 2. The Balaban J connectivity index is 1.31. The summed E-state index contributed by atoms with van der Waals surface area (Å²) in [6.07, 6.45) is 3.41. The molecule has 2 aliphatic rings. The average Bonchev–Trinajstić information content (AvgIpc) is 3.66. The standard InChI is InChI=1S/C48H32N2/c1-2-30(29-49)31-13-11-14-32(27-31)33-15-12-16-34(28-33)47-46-38(37-19-6-10-24-44(37)50-47)25-26-43-45(46)39-20-5-9-23-42(39)48(43)40-21-7-3-17-35(40)36-18-4-8-22-41(36)48/h2-29,49H,1H3/b30-2+,49-29?. The van der Waals surface area contributed by atoms with Gasteiger partial charge in [0, 0.05) is 22.6 Å². The molecule has 0 radical (unpaired) electrons. The van der Waals surface area contributed by atoms with E-state index in [0.29, 0.717) is 0 Å². The van der Waals surface area contributed by atoms with E-state index in [1.807, 2.05) is 13.0 Å². The van der Waals surface area contributed by atoms with E-state index >= 15 is 0 Å². The fourth-order valence-corrected chi connectivity index (χ4v) is 8.90. The molecule has 0 saturated heterocycles. The number of aromatic nitrogens is 1. The second kappa shape index (κ2) is 10.8. The quantitative estimate of drug-likeness (QED) is 0.151. The molecule has 1 N–H and O–H groups in total. The molecule has 1 aromatic heterocycles. The molecule has 0 atom stereocenters. The number of nitrogens with one attached hydrogen (secondary N) is 1. The van der Waals surface area contributed by atoms with E-state index in [1.165, 1.54) is 61.5 Å². The SMILES string of the molecule is C/C=C(\C=N)c1cccc(-c2cccc(-c3nc4ccccc4c4ccc5c(c34)-c3ccccc3C53c4ccccc4-c4ccccc43)c2)c1. The van der Waals surface area contributed by atoms with Crippen LogP contribution in [-0.2, 0) is 5.41 Å². The number of para-hydroxylation sites is 1. The maximum absolute atomic E-state index is 7.91. The highest BCUT2D eigenvalue weighted by Gasteiger charge is 2.52. The molecule has 234 valence electrons. The van der Waals surface area contributed by atoms with Crippen LogP contribution in [0, 0.1) is 5.41 Å². The van der Waals surface area contributed by atoms with Crippen LogP contribution in [0.5, 0.6) is 0 Å². The summed E-state index contributed by atoms with van der Waals surface area (Å²) in [6, 6.07) is 57.6. The molecule has 7 aromatic carbocycles. The lowest BCUT2D eigenvalue weighted by molar-refractivity contribution is 0.794. The second-order valence-electron chi connectivity index (χ2n) is 13.3. The second-order valence-corrected chi connectivity index (χ2v) is 13.3. The molecule has 0 saturated carbocycles. The maximum atomic E-state index is 7.91. The summed E-state index contributed by atoms with van der Waals surface area (Å²) >= 11 is 0. The van der Waals surface area contributed by atoms with E-state index in [-0.39, 0.29) is 0 Å². The minimum atomic E-state index is -0.419. The molecular weight excluding hydrogens is 605 g/mol. The Kier molecular flexibility index (Phi) is 6.19. The van der Waals surface area contributed by atoms with Crippen molar-refractivity contribution in [3.63, 3.8) is 0 Å². The number of benzene rings is 7.